The number of ketones is 1. The molecule has 2 aliphatic heterocycles. The van der Waals surface area contributed by atoms with Gasteiger partial charge in [0.1, 0.15) is 19.0 Å². The van der Waals surface area contributed by atoms with Crippen LogP contribution in [0.2, 0.25) is 0 Å². The lowest BCUT2D eigenvalue weighted by molar-refractivity contribution is -0.140. The van der Waals surface area contributed by atoms with Crippen LogP contribution in [0.15, 0.2) is 65.8 Å². The van der Waals surface area contributed by atoms with E-state index in [1.807, 2.05) is 23.6 Å². The summed E-state index contributed by atoms with van der Waals surface area (Å²) in [6, 6.07) is 11.6. The predicted octanol–water partition coefficient (Wildman–Crippen LogP) is 3.54. The molecule has 1 atom stereocenters. The predicted molar refractivity (Wildman–Crippen MR) is 114 cm³/mol. The minimum absolute atomic E-state index is 0.0630. The number of likely N-dealkylation sites (tertiary alicyclic amines) is 1. The van der Waals surface area contributed by atoms with Gasteiger partial charge in [-0.25, -0.2) is 0 Å². The van der Waals surface area contributed by atoms with Crippen LogP contribution in [0.5, 0.6) is 11.5 Å². The average Bonchev–Trinajstić information content (AvgIpc) is 3.42. The van der Waals surface area contributed by atoms with E-state index in [9.17, 15) is 14.7 Å². The monoisotopic (exact) mass is 434 g/mol. The lowest BCUT2D eigenvalue weighted by atomic mass is 9.99. The Morgan fingerprint density at radius 3 is 2.71 bits per heavy atom. The quantitative estimate of drug-likeness (QED) is 0.384. The van der Waals surface area contributed by atoms with E-state index in [-0.39, 0.29) is 17.9 Å². The molecule has 1 amide bonds. The van der Waals surface area contributed by atoms with Crippen molar-refractivity contribution in [3.05, 3.63) is 81.8 Å². The maximum absolute atomic E-state index is 13.0. The minimum Gasteiger partial charge on any atom is -0.507 e. The number of hydrogen-bond acceptors (Lipinski definition) is 7. The Morgan fingerprint density at radius 2 is 1.97 bits per heavy atom. The highest BCUT2D eigenvalue weighted by atomic mass is 32.1. The molecule has 2 aliphatic rings. The van der Waals surface area contributed by atoms with Gasteiger partial charge in [-0.05, 0) is 41.3 Å². The Hall–Kier alpha value is -3.65. The van der Waals surface area contributed by atoms with Gasteiger partial charge in [-0.2, -0.15) is 0 Å². The molecule has 0 aliphatic carbocycles. The third kappa shape index (κ3) is 3.44. The molecule has 2 aromatic heterocycles. The Balaban J connectivity index is 1.60. The number of nitrogens with zero attached hydrogens (tertiary/aromatic N) is 2. The maximum Gasteiger partial charge on any atom is 0.295 e. The van der Waals surface area contributed by atoms with E-state index in [2.05, 4.69) is 4.98 Å². The molecule has 3 aromatic rings. The van der Waals surface area contributed by atoms with Crippen molar-refractivity contribution in [3.8, 4) is 11.5 Å². The molecule has 7 nitrogen and oxygen atoms in total. The molecule has 4 heterocycles. The van der Waals surface area contributed by atoms with Crippen LogP contribution in [-0.4, -0.2) is 39.9 Å². The number of ether oxygens (including phenoxy) is 2. The lowest BCUT2D eigenvalue weighted by Gasteiger charge is -2.24. The second kappa shape index (κ2) is 7.88. The number of hydrogen-bond donors (Lipinski definition) is 1. The molecule has 1 fully saturated rings. The number of thiophene rings is 1. The van der Waals surface area contributed by atoms with Crippen molar-refractivity contribution >= 4 is 28.8 Å². The Kier molecular flexibility index (Phi) is 4.91. The van der Waals surface area contributed by atoms with Crippen molar-refractivity contribution in [2.45, 2.75) is 12.6 Å². The first-order valence-corrected chi connectivity index (χ1v) is 10.6. The topological polar surface area (TPSA) is 89.0 Å². The van der Waals surface area contributed by atoms with Gasteiger partial charge in [-0.3, -0.25) is 14.6 Å². The normalized spacial score (nSPS) is 19.6. The van der Waals surface area contributed by atoms with Gasteiger partial charge in [0.15, 0.2) is 11.5 Å². The number of aromatic nitrogens is 1. The van der Waals surface area contributed by atoms with Crippen LogP contribution in [0.1, 0.15) is 22.0 Å². The number of benzene rings is 1. The van der Waals surface area contributed by atoms with Gasteiger partial charge in [0, 0.05) is 29.4 Å². The summed E-state index contributed by atoms with van der Waals surface area (Å²) in [5.41, 5.74) is 1.25. The molecule has 0 bridgehead atoms. The van der Waals surface area contributed by atoms with Crippen LogP contribution in [-0.2, 0) is 16.1 Å². The van der Waals surface area contributed by atoms with Gasteiger partial charge >= 0.3 is 0 Å². The molecular weight excluding hydrogens is 416 g/mol. The van der Waals surface area contributed by atoms with E-state index in [0.29, 0.717) is 30.3 Å². The summed E-state index contributed by atoms with van der Waals surface area (Å²) >= 11 is 1.43. The summed E-state index contributed by atoms with van der Waals surface area (Å²) in [6.45, 7) is 1.07. The summed E-state index contributed by atoms with van der Waals surface area (Å²) < 4.78 is 11.1. The van der Waals surface area contributed by atoms with Gasteiger partial charge in [0.25, 0.3) is 11.7 Å². The van der Waals surface area contributed by atoms with E-state index < -0.39 is 17.7 Å². The third-order valence-electron chi connectivity index (χ3n) is 5.24. The molecule has 0 unspecified atom stereocenters. The number of fused-ring (bicyclic) bond motifs is 1. The van der Waals surface area contributed by atoms with E-state index >= 15 is 0 Å². The van der Waals surface area contributed by atoms with Crippen molar-refractivity contribution in [3.63, 3.8) is 0 Å². The summed E-state index contributed by atoms with van der Waals surface area (Å²) in [5, 5.41) is 13.0. The zero-order chi connectivity index (χ0) is 21.4. The molecule has 1 saturated heterocycles. The zero-order valence-electron chi connectivity index (χ0n) is 16.4. The standard InChI is InChI=1S/C23H18N2O5S/c26-21(15-5-6-16-17(11-15)30-9-8-29-16)19-20(18-4-2-10-31-18)25(23(28)22(19)27)13-14-3-1-7-24-12-14/h1-7,10-12,20,26H,8-9,13H2/t20-/m0/s1. The smallest absolute Gasteiger partial charge is 0.295 e. The lowest BCUT2D eigenvalue weighted by Crippen LogP contribution is -2.28. The molecule has 1 aromatic carbocycles. The van der Waals surface area contributed by atoms with Gasteiger partial charge in [0.2, 0.25) is 0 Å². The number of pyridine rings is 1. The van der Waals surface area contributed by atoms with Crippen LogP contribution >= 0.6 is 11.3 Å². The molecule has 5 rings (SSSR count). The van der Waals surface area contributed by atoms with Crippen LogP contribution in [0.3, 0.4) is 0 Å². The molecule has 0 radical (unpaired) electrons. The second-order valence-corrected chi connectivity index (χ2v) is 8.14. The molecule has 8 heteroatoms. The van der Waals surface area contributed by atoms with Gasteiger partial charge < -0.3 is 19.5 Å². The fraction of sp³-hybridized carbons (Fsp3) is 0.174. The first kappa shape index (κ1) is 19.3. The third-order valence-corrected chi connectivity index (χ3v) is 6.17. The summed E-state index contributed by atoms with van der Waals surface area (Å²) in [7, 11) is 0. The number of rotatable bonds is 4. The Bertz CT molecular complexity index is 1170. The average molecular weight is 434 g/mol. The van der Waals surface area contributed by atoms with E-state index in [4.69, 9.17) is 9.47 Å². The van der Waals surface area contributed by atoms with Gasteiger partial charge in [-0.1, -0.05) is 12.1 Å². The fourth-order valence-electron chi connectivity index (χ4n) is 3.82. The highest BCUT2D eigenvalue weighted by Crippen LogP contribution is 2.43. The SMILES string of the molecule is O=C1C(=O)N(Cc2cccnc2)[C@@H](c2cccs2)C1=C(O)c1ccc2c(c1)OCCO2. The molecule has 0 spiro atoms. The summed E-state index contributed by atoms with van der Waals surface area (Å²) in [5.74, 6) is -0.527. The second-order valence-electron chi connectivity index (χ2n) is 7.16. The number of amides is 1. The highest BCUT2D eigenvalue weighted by molar-refractivity contribution is 7.10. The fourth-order valence-corrected chi connectivity index (χ4v) is 4.67. The highest BCUT2D eigenvalue weighted by Gasteiger charge is 2.46. The number of Topliss-reactive ketones (excluding diaryl/α,β-unsaturated/α-hetero) is 1. The van der Waals surface area contributed by atoms with Gasteiger partial charge in [-0.15, -0.1) is 11.3 Å². The van der Waals surface area contributed by atoms with Crippen LogP contribution < -0.4 is 9.47 Å². The summed E-state index contributed by atoms with van der Waals surface area (Å²) in [4.78, 5) is 32.4. The van der Waals surface area contributed by atoms with Crippen LogP contribution in [0, 0.1) is 0 Å². The molecule has 156 valence electrons. The van der Waals surface area contributed by atoms with Crippen molar-refractivity contribution in [2.24, 2.45) is 0 Å². The molecule has 1 N–H and O–H groups in total. The number of aliphatic hydroxyl groups excluding tert-OH is 1. The Labute approximate surface area is 182 Å². The maximum atomic E-state index is 13.0. The van der Waals surface area contributed by atoms with Crippen LogP contribution in [0.4, 0.5) is 0 Å². The zero-order valence-corrected chi connectivity index (χ0v) is 17.2. The van der Waals surface area contributed by atoms with Crippen molar-refractivity contribution in [1.82, 2.24) is 9.88 Å². The van der Waals surface area contributed by atoms with Crippen molar-refractivity contribution in [1.29, 1.82) is 0 Å². The largest absolute Gasteiger partial charge is 0.507 e. The van der Waals surface area contributed by atoms with Crippen molar-refractivity contribution < 1.29 is 24.2 Å². The molecule has 31 heavy (non-hydrogen) atoms. The number of carbonyl (C=O) groups is 2. The van der Waals surface area contributed by atoms with E-state index in [1.54, 1.807) is 36.7 Å². The van der Waals surface area contributed by atoms with E-state index in [0.717, 1.165) is 10.4 Å². The number of carbonyl (C=O) groups excluding carboxylic acids is 2. The van der Waals surface area contributed by atoms with Crippen LogP contribution in [0.25, 0.3) is 5.76 Å². The first-order valence-electron chi connectivity index (χ1n) is 9.74. The molecule has 0 saturated carbocycles. The Morgan fingerprint density at radius 1 is 1.13 bits per heavy atom. The van der Waals surface area contributed by atoms with Crippen molar-refractivity contribution in [2.75, 3.05) is 13.2 Å². The first-order chi connectivity index (χ1) is 15.1. The number of aliphatic hydroxyl groups is 1. The van der Waals surface area contributed by atoms with Gasteiger partial charge in [0.05, 0.1) is 11.6 Å². The minimum atomic E-state index is -0.713. The molecular formula is C23H18N2O5S. The van der Waals surface area contributed by atoms with E-state index in [1.165, 1.54) is 16.2 Å². The summed E-state index contributed by atoms with van der Waals surface area (Å²) in [6.07, 6.45) is 3.31.